The normalized spacial score (nSPS) is 15.0. The molecule has 0 saturated heterocycles. The van der Waals surface area contributed by atoms with Gasteiger partial charge in [0.25, 0.3) is 0 Å². The molecular weight excluding hydrogens is 369 g/mol. The molecule has 2 aromatic carbocycles. The molecule has 1 aliphatic carbocycles. The molecule has 0 aliphatic heterocycles. The lowest BCUT2D eigenvalue weighted by atomic mass is 9.75. The third-order valence-electron chi connectivity index (χ3n) is 4.98. The Morgan fingerprint density at radius 1 is 1.19 bits per heavy atom. The van der Waals surface area contributed by atoms with E-state index < -0.39 is 17.4 Å². The summed E-state index contributed by atoms with van der Waals surface area (Å²) in [4.78, 5) is 14.2. The quantitative estimate of drug-likeness (QED) is 0.536. The van der Waals surface area contributed by atoms with Gasteiger partial charge in [0, 0.05) is 28.2 Å². The Morgan fingerprint density at radius 3 is 2.44 bits per heavy atom. The fourth-order valence-electron chi connectivity index (χ4n) is 3.35. The number of benzene rings is 2. The van der Waals surface area contributed by atoms with Crippen molar-refractivity contribution in [3.63, 3.8) is 0 Å². The monoisotopic (exact) mass is 389 g/mol. The molecule has 1 aromatic heterocycles. The van der Waals surface area contributed by atoms with Crippen LogP contribution in [0.2, 0.25) is 5.02 Å². The number of carboxylic acids is 1. The lowest BCUT2D eigenvalue weighted by molar-refractivity contribution is -0.0390. The maximum Gasteiger partial charge on any atom is 0.337 e. The van der Waals surface area contributed by atoms with Gasteiger partial charge < -0.3 is 15.2 Å². The van der Waals surface area contributed by atoms with Crippen molar-refractivity contribution in [1.29, 1.82) is 0 Å². The largest absolute Gasteiger partial charge is 0.478 e. The van der Waals surface area contributed by atoms with Crippen molar-refractivity contribution in [3.05, 3.63) is 58.5 Å². The average Bonchev–Trinajstić information content (AvgIpc) is 3.03. The van der Waals surface area contributed by atoms with E-state index in [2.05, 4.69) is 4.98 Å². The van der Waals surface area contributed by atoms with Crippen molar-refractivity contribution in [2.75, 3.05) is 0 Å². The number of hydrogen-bond acceptors (Lipinski definition) is 2. The molecule has 0 bridgehead atoms. The average molecular weight is 390 g/mol. The minimum atomic E-state index is -1.07. The van der Waals surface area contributed by atoms with E-state index >= 15 is 0 Å². The summed E-state index contributed by atoms with van der Waals surface area (Å²) in [5.74, 6) is -1.56. The number of nitrogens with one attached hydrogen (secondary N) is 1. The Balaban J connectivity index is 0.00000102. The van der Waals surface area contributed by atoms with Crippen LogP contribution >= 0.6 is 11.6 Å². The first-order valence-electron chi connectivity index (χ1n) is 8.96. The molecule has 0 spiro atoms. The second-order valence-electron chi connectivity index (χ2n) is 6.46. The lowest BCUT2D eigenvalue weighted by Crippen LogP contribution is -2.33. The highest BCUT2D eigenvalue weighted by atomic mass is 35.5. The fourth-order valence-corrected chi connectivity index (χ4v) is 3.62. The molecule has 1 heterocycles. The fraction of sp³-hybridized carbons (Fsp3) is 0.286. The highest BCUT2D eigenvalue weighted by Crippen LogP contribution is 2.42. The predicted octanol–water partition coefficient (Wildman–Crippen LogP) is 5.72. The second-order valence-corrected chi connectivity index (χ2v) is 6.87. The Hall–Kier alpha value is -2.37. The van der Waals surface area contributed by atoms with Crippen LogP contribution in [0.15, 0.2) is 36.5 Å². The van der Waals surface area contributed by atoms with Gasteiger partial charge >= 0.3 is 5.97 Å². The van der Waals surface area contributed by atoms with Gasteiger partial charge in [0.05, 0.1) is 16.2 Å². The zero-order chi connectivity index (χ0) is 19.8. The molecular formula is C21H21ClFNO3. The van der Waals surface area contributed by atoms with E-state index in [9.17, 15) is 19.4 Å². The van der Waals surface area contributed by atoms with Crippen LogP contribution in [0.5, 0.6) is 0 Å². The van der Waals surface area contributed by atoms with Crippen molar-refractivity contribution in [1.82, 2.24) is 4.98 Å². The van der Waals surface area contributed by atoms with Crippen LogP contribution in [-0.4, -0.2) is 21.2 Å². The number of aromatic amines is 1. The maximum absolute atomic E-state index is 14.7. The zero-order valence-electron chi connectivity index (χ0n) is 15.1. The lowest BCUT2D eigenvalue weighted by Gasteiger charge is -2.37. The van der Waals surface area contributed by atoms with E-state index in [1.54, 1.807) is 24.3 Å². The van der Waals surface area contributed by atoms with E-state index in [0.717, 1.165) is 6.42 Å². The van der Waals surface area contributed by atoms with Gasteiger partial charge in [-0.05, 0) is 43.0 Å². The molecule has 0 unspecified atom stereocenters. The topological polar surface area (TPSA) is 73.3 Å². The third-order valence-corrected chi connectivity index (χ3v) is 5.29. The molecule has 4 nitrogen and oxygen atoms in total. The summed E-state index contributed by atoms with van der Waals surface area (Å²) in [5.41, 5.74) is 0.993. The van der Waals surface area contributed by atoms with E-state index in [0.29, 0.717) is 39.9 Å². The molecule has 0 radical (unpaired) electrons. The number of aliphatic hydroxyl groups is 1. The molecule has 1 aliphatic rings. The molecule has 6 heteroatoms. The third kappa shape index (κ3) is 3.33. The van der Waals surface area contributed by atoms with Crippen molar-refractivity contribution < 1.29 is 19.4 Å². The summed E-state index contributed by atoms with van der Waals surface area (Å²) in [5, 5.41) is 20.4. The SMILES string of the molecule is CC.O=C(O)c1c[nH]c2cc(Cl)c(-c3ccc(C4(O)CCC4)cc3F)cc12. The number of hydrogen-bond donors (Lipinski definition) is 3. The number of H-pyrrole nitrogens is 1. The van der Waals surface area contributed by atoms with Gasteiger partial charge in [-0.1, -0.05) is 37.6 Å². The van der Waals surface area contributed by atoms with Crippen molar-refractivity contribution >= 4 is 28.5 Å². The van der Waals surface area contributed by atoms with Gasteiger partial charge in [-0.15, -0.1) is 0 Å². The number of rotatable bonds is 3. The molecule has 1 saturated carbocycles. The van der Waals surface area contributed by atoms with Gasteiger partial charge in [-0.2, -0.15) is 0 Å². The van der Waals surface area contributed by atoms with Crippen LogP contribution in [0.25, 0.3) is 22.0 Å². The molecule has 0 atom stereocenters. The number of carboxylic acid groups (broad SMARTS) is 1. The van der Waals surface area contributed by atoms with E-state index in [1.807, 2.05) is 13.8 Å². The van der Waals surface area contributed by atoms with Gasteiger partial charge in [0.1, 0.15) is 5.82 Å². The summed E-state index contributed by atoms with van der Waals surface area (Å²) in [6.07, 6.45) is 3.57. The minimum Gasteiger partial charge on any atom is -0.478 e. The van der Waals surface area contributed by atoms with Crippen LogP contribution in [-0.2, 0) is 5.60 Å². The number of aromatic carboxylic acids is 1. The van der Waals surface area contributed by atoms with Gasteiger partial charge in [0.2, 0.25) is 0 Å². The molecule has 3 aromatic rings. The van der Waals surface area contributed by atoms with Crippen LogP contribution < -0.4 is 0 Å². The van der Waals surface area contributed by atoms with Crippen molar-refractivity contribution in [2.45, 2.75) is 38.7 Å². The predicted molar refractivity (Wildman–Crippen MR) is 105 cm³/mol. The highest BCUT2D eigenvalue weighted by molar-refractivity contribution is 6.34. The molecule has 1 fully saturated rings. The minimum absolute atomic E-state index is 0.105. The second kappa shape index (κ2) is 7.33. The van der Waals surface area contributed by atoms with Crippen molar-refractivity contribution in [3.8, 4) is 11.1 Å². The summed E-state index contributed by atoms with van der Waals surface area (Å²) in [7, 11) is 0. The summed E-state index contributed by atoms with van der Waals surface area (Å²) < 4.78 is 14.7. The first-order valence-corrected chi connectivity index (χ1v) is 9.33. The Morgan fingerprint density at radius 2 is 1.89 bits per heavy atom. The van der Waals surface area contributed by atoms with E-state index in [4.69, 9.17) is 11.6 Å². The molecule has 0 amide bonds. The summed E-state index contributed by atoms with van der Waals surface area (Å²) in [6.45, 7) is 4.00. The molecule has 4 rings (SSSR count). The molecule has 27 heavy (non-hydrogen) atoms. The Labute approximate surface area is 161 Å². The van der Waals surface area contributed by atoms with Crippen LogP contribution in [0, 0.1) is 5.82 Å². The van der Waals surface area contributed by atoms with Crippen molar-refractivity contribution in [2.24, 2.45) is 0 Å². The standard InChI is InChI=1S/C19H15ClFNO3.C2H6/c20-15-8-17-13(14(9-22-17)18(23)24)7-12(15)11-3-2-10(6-16(11)21)19(25)4-1-5-19;1-2/h2-3,6-9,22,25H,1,4-5H2,(H,23,24);1-2H3. The first-order chi connectivity index (χ1) is 12.9. The summed E-state index contributed by atoms with van der Waals surface area (Å²) in [6, 6.07) is 7.79. The van der Waals surface area contributed by atoms with Gasteiger partial charge in [-0.3, -0.25) is 0 Å². The van der Waals surface area contributed by atoms with E-state index in [-0.39, 0.29) is 11.1 Å². The van der Waals surface area contributed by atoms with Gasteiger partial charge in [-0.25, -0.2) is 9.18 Å². The smallest absolute Gasteiger partial charge is 0.337 e. The van der Waals surface area contributed by atoms with E-state index in [1.165, 1.54) is 12.3 Å². The Kier molecular flexibility index (Phi) is 5.27. The Bertz CT molecular complexity index is 1010. The zero-order valence-corrected chi connectivity index (χ0v) is 15.9. The number of aromatic nitrogens is 1. The number of carbonyl (C=O) groups is 1. The van der Waals surface area contributed by atoms with Crippen LogP contribution in [0.3, 0.4) is 0 Å². The molecule has 3 N–H and O–H groups in total. The maximum atomic E-state index is 14.7. The number of fused-ring (bicyclic) bond motifs is 1. The van der Waals surface area contributed by atoms with Gasteiger partial charge in [0.15, 0.2) is 0 Å². The van der Waals surface area contributed by atoms with Crippen LogP contribution in [0.1, 0.15) is 49.0 Å². The van der Waals surface area contributed by atoms with Crippen LogP contribution in [0.4, 0.5) is 4.39 Å². The molecule has 142 valence electrons. The number of halogens is 2. The highest BCUT2D eigenvalue weighted by Gasteiger charge is 2.36. The first kappa shape index (κ1) is 19.4. The summed E-state index contributed by atoms with van der Waals surface area (Å²) >= 11 is 6.28.